The number of amides is 3. The zero-order chi connectivity index (χ0) is 20.5. The molecule has 1 atom stereocenters. The van der Waals surface area contributed by atoms with Crippen molar-refractivity contribution in [3.8, 4) is 0 Å². The van der Waals surface area contributed by atoms with Crippen LogP contribution in [-0.4, -0.2) is 70.7 Å². The molecule has 1 aromatic rings. The van der Waals surface area contributed by atoms with Crippen LogP contribution < -0.4 is 0 Å². The maximum atomic E-state index is 13.0. The average molecular weight is 450 g/mol. The first-order chi connectivity index (χ1) is 13.2. The van der Waals surface area contributed by atoms with E-state index in [1.807, 2.05) is 54.8 Å². The fourth-order valence-corrected chi connectivity index (χ4v) is 4.38. The van der Waals surface area contributed by atoms with Crippen molar-refractivity contribution in [1.29, 1.82) is 0 Å². The lowest BCUT2D eigenvalue weighted by atomic mass is 10.1. The summed E-state index contributed by atoms with van der Waals surface area (Å²) in [6, 6.07) is 7.40. The zero-order valence-corrected chi connectivity index (χ0v) is 18.4. The second-order valence-corrected chi connectivity index (χ2v) is 9.38. The Bertz CT molecular complexity index is 774. The summed E-state index contributed by atoms with van der Waals surface area (Å²) in [4.78, 5) is 43.6. The molecule has 1 aromatic carbocycles. The molecule has 3 rings (SSSR count). The van der Waals surface area contributed by atoms with Crippen molar-refractivity contribution < 1.29 is 14.4 Å². The molecule has 2 aliphatic heterocycles. The van der Waals surface area contributed by atoms with Gasteiger partial charge < -0.3 is 14.7 Å². The quantitative estimate of drug-likeness (QED) is 0.697. The molecule has 0 radical (unpaired) electrons. The molecular formula is C21H28BrN3O3. The standard InChI is InChI=1S/C21H28BrN3O3/c1-21(2,3)25-14-15(13-18(25)26)19(27)23-9-6-10-24(12-11-23)20(28)16-7-4-5-8-17(16)22/h4-5,7-8,15H,6,9-14H2,1-3H3. The molecule has 0 bridgehead atoms. The van der Waals surface area contributed by atoms with Gasteiger partial charge in [0.2, 0.25) is 11.8 Å². The van der Waals surface area contributed by atoms with E-state index in [1.54, 1.807) is 4.90 Å². The number of benzene rings is 1. The van der Waals surface area contributed by atoms with Crippen LogP contribution in [0.15, 0.2) is 28.7 Å². The van der Waals surface area contributed by atoms with Gasteiger partial charge in [-0.3, -0.25) is 14.4 Å². The Kier molecular flexibility index (Phi) is 6.12. The van der Waals surface area contributed by atoms with E-state index in [4.69, 9.17) is 0 Å². The third-order valence-corrected chi connectivity index (χ3v) is 6.17. The molecule has 152 valence electrons. The fourth-order valence-electron chi connectivity index (χ4n) is 3.93. The summed E-state index contributed by atoms with van der Waals surface area (Å²) in [7, 11) is 0. The number of carbonyl (C=O) groups excluding carboxylic acids is 3. The van der Waals surface area contributed by atoms with E-state index in [1.165, 1.54) is 0 Å². The molecule has 1 unspecified atom stereocenters. The molecule has 28 heavy (non-hydrogen) atoms. The second kappa shape index (κ2) is 8.23. The molecule has 6 nitrogen and oxygen atoms in total. The van der Waals surface area contributed by atoms with Gasteiger partial charge in [0.15, 0.2) is 0 Å². The summed E-state index contributed by atoms with van der Waals surface area (Å²) in [6.45, 7) is 8.74. The Labute approximate surface area is 175 Å². The normalized spacial score (nSPS) is 21.1. The highest BCUT2D eigenvalue weighted by molar-refractivity contribution is 9.10. The highest BCUT2D eigenvalue weighted by Crippen LogP contribution is 2.27. The van der Waals surface area contributed by atoms with Crippen molar-refractivity contribution in [1.82, 2.24) is 14.7 Å². The van der Waals surface area contributed by atoms with E-state index in [0.29, 0.717) is 38.3 Å². The van der Waals surface area contributed by atoms with Gasteiger partial charge in [-0.1, -0.05) is 12.1 Å². The van der Waals surface area contributed by atoms with Crippen molar-refractivity contribution in [2.45, 2.75) is 39.2 Å². The van der Waals surface area contributed by atoms with Gasteiger partial charge in [-0.2, -0.15) is 0 Å². The molecule has 0 aliphatic carbocycles. The Balaban J connectivity index is 1.62. The summed E-state index contributed by atoms with van der Waals surface area (Å²) in [5.74, 6) is -0.212. The van der Waals surface area contributed by atoms with Gasteiger partial charge in [0, 0.05) is 49.2 Å². The molecule has 2 heterocycles. The number of halogens is 1. The van der Waals surface area contributed by atoms with Gasteiger partial charge in [0.25, 0.3) is 5.91 Å². The van der Waals surface area contributed by atoms with Crippen LogP contribution >= 0.6 is 15.9 Å². The minimum Gasteiger partial charge on any atom is -0.341 e. The van der Waals surface area contributed by atoms with E-state index < -0.39 is 0 Å². The third-order valence-electron chi connectivity index (χ3n) is 5.48. The van der Waals surface area contributed by atoms with Gasteiger partial charge in [0.1, 0.15) is 0 Å². The van der Waals surface area contributed by atoms with Crippen molar-refractivity contribution in [2.24, 2.45) is 5.92 Å². The van der Waals surface area contributed by atoms with Crippen LogP contribution in [0.2, 0.25) is 0 Å². The monoisotopic (exact) mass is 449 g/mol. The minimum atomic E-state index is -0.280. The minimum absolute atomic E-state index is 0.0169. The number of rotatable bonds is 2. The predicted octanol–water partition coefficient (Wildman–Crippen LogP) is 2.77. The molecule has 3 amide bonds. The number of hydrogen-bond donors (Lipinski definition) is 0. The average Bonchev–Trinajstić information content (AvgIpc) is 2.88. The Morgan fingerprint density at radius 2 is 1.68 bits per heavy atom. The number of nitrogens with zero attached hydrogens (tertiary/aromatic N) is 3. The Hall–Kier alpha value is -1.89. The lowest BCUT2D eigenvalue weighted by molar-refractivity contribution is -0.135. The van der Waals surface area contributed by atoms with Crippen molar-refractivity contribution >= 4 is 33.7 Å². The van der Waals surface area contributed by atoms with Gasteiger partial charge >= 0.3 is 0 Å². The lowest BCUT2D eigenvalue weighted by Gasteiger charge is -2.32. The highest BCUT2D eigenvalue weighted by atomic mass is 79.9. The first-order valence-corrected chi connectivity index (χ1v) is 10.6. The smallest absolute Gasteiger partial charge is 0.255 e. The maximum Gasteiger partial charge on any atom is 0.255 e. The SMILES string of the molecule is CC(C)(C)N1CC(C(=O)N2CCCN(C(=O)c3ccccc3Br)CC2)CC1=O. The van der Waals surface area contributed by atoms with Crippen LogP contribution in [0.5, 0.6) is 0 Å². The summed E-state index contributed by atoms with van der Waals surface area (Å²) in [5.41, 5.74) is 0.376. The van der Waals surface area contributed by atoms with Crippen LogP contribution in [0.25, 0.3) is 0 Å². The van der Waals surface area contributed by atoms with E-state index in [9.17, 15) is 14.4 Å². The van der Waals surface area contributed by atoms with Crippen LogP contribution in [0.1, 0.15) is 44.0 Å². The molecule has 2 saturated heterocycles. The molecule has 7 heteroatoms. The molecule has 2 fully saturated rings. The summed E-state index contributed by atoms with van der Waals surface area (Å²) in [5, 5.41) is 0. The Morgan fingerprint density at radius 3 is 2.32 bits per heavy atom. The van der Waals surface area contributed by atoms with E-state index >= 15 is 0 Å². The lowest BCUT2D eigenvalue weighted by Crippen LogP contribution is -2.44. The molecule has 2 aliphatic rings. The summed E-state index contributed by atoms with van der Waals surface area (Å²) in [6.07, 6.45) is 1.03. The van der Waals surface area contributed by atoms with Crippen molar-refractivity contribution in [3.63, 3.8) is 0 Å². The molecule has 0 aromatic heterocycles. The second-order valence-electron chi connectivity index (χ2n) is 8.53. The largest absolute Gasteiger partial charge is 0.341 e. The third kappa shape index (κ3) is 4.40. The molecule has 0 spiro atoms. The van der Waals surface area contributed by atoms with E-state index in [0.717, 1.165) is 10.9 Å². The van der Waals surface area contributed by atoms with E-state index in [2.05, 4.69) is 15.9 Å². The van der Waals surface area contributed by atoms with Crippen LogP contribution in [0.4, 0.5) is 0 Å². The maximum absolute atomic E-state index is 13.0. The van der Waals surface area contributed by atoms with Crippen LogP contribution in [0.3, 0.4) is 0 Å². The fraction of sp³-hybridized carbons (Fsp3) is 0.571. The van der Waals surface area contributed by atoms with Crippen molar-refractivity contribution in [2.75, 3.05) is 32.7 Å². The predicted molar refractivity (Wildman–Crippen MR) is 111 cm³/mol. The number of hydrogen-bond acceptors (Lipinski definition) is 3. The van der Waals surface area contributed by atoms with Crippen LogP contribution in [0, 0.1) is 5.92 Å². The molecular weight excluding hydrogens is 422 g/mol. The highest BCUT2D eigenvalue weighted by Gasteiger charge is 2.41. The molecule has 0 saturated carbocycles. The summed E-state index contributed by atoms with van der Waals surface area (Å²) < 4.78 is 0.781. The van der Waals surface area contributed by atoms with E-state index in [-0.39, 0.29) is 35.6 Å². The van der Waals surface area contributed by atoms with Gasteiger partial charge in [0.05, 0.1) is 11.5 Å². The summed E-state index contributed by atoms with van der Waals surface area (Å²) >= 11 is 3.44. The van der Waals surface area contributed by atoms with Crippen molar-refractivity contribution in [3.05, 3.63) is 34.3 Å². The first kappa shape index (κ1) is 20.8. The van der Waals surface area contributed by atoms with Gasteiger partial charge in [-0.25, -0.2) is 0 Å². The first-order valence-electron chi connectivity index (χ1n) is 9.81. The topological polar surface area (TPSA) is 60.9 Å². The number of likely N-dealkylation sites (tertiary alicyclic amines) is 1. The zero-order valence-electron chi connectivity index (χ0n) is 16.8. The molecule has 0 N–H and O–H groups in total. The van der Waals surface area contributed by atoms with Gasteiger partial charge in [-0.15, -0.1) is 0 Å². The Morgan fingerprint density at radius 1 is 1.04 bits per heavy atom. The van der Waals surface area contributed by atoms with Crippen LogP contribution in [-0.2, 0) is 9.59 Å². The van der Waals surface area contributed by atoms with Gasteiger partial charge in [-0.05, 0) is 55.3 Å². The number of carbonyl (C=O) groups is 3.